The molecule has 0 saturated heterocycles. The molecule has 0 saturated carbocycles. The molecule has 2 heterocycles. The first kappa shape index (κ1) is 20.6. The second-order valence-corrected chi connectivity index (χ2v) is 8.05. The van der Waals surface area contributed by atoms with E-state index in [1.54, 1.807) is 36.4 Å². The highest BCUT2D eigenvalue weighted by molar-refractivity contribution is 6.07. The number of likely N-dealkylation sites (N-methyl/N-ethyl adjacent to an activating group) is 1. The third-order valence-electron chi connectivity index (χ3n) is 6.14. The molecule has 6 nitrogen and oxygen atoms in total. The maximum Gasteiger partial charge on any atom is 0.261 e. The molecular formula is C25H18F2N4O2. The highest BCUT2D eigenvalue weighted by atomic mass is 19.2. The largest absolute Gasteiger partial charge is 0.485 e. The lowest BCUT2D eigenvalue weighted by Gasteiger charge is -2.37. The zero-order chi connectivity index (χ0) is 23.3. The normalized spacial score (nSPS) is 21.4. The van der Waals surface area contributed by atoms with Crippen LogP contribution in [0.15, 0.2) is 65.7 Å². The summed E-state index contributed by atoms with van der Waals surface area (Å²) in [7, 11) is 1.52. The first-order valence-corrected chi connectivity index (χ1v) is 10.2. The van der Waals surface area contributed by atoms with Crippen molar-refractivity contribution >= 4 is 11.9 Å². The summed E-state index contributed by atoms with van der Waals surface area (Å²) >= 11 is 0. The summed E-state index contributed by atoms with van der Waals surface area (Å²) in [4.78, 5) is 19.1. The lowest BCUT2D eigenvalue weighted by atomic mass is 9.79. The number of carbonyl (C=O) groups is 1. The van der Waals surface area contributed by atoms with Gasteiger partial charge in [-0.2, -0.15) is 5.26 Å². The molecule has 1 amide bonds. The molecule has 164 valence electrons. The Bertz CT molecular complexity index is 1380. The fourth-order valence-corrected chi connectivity index (χ4v) is 4.43. The number of amides is 1. The zero-order valence-corrected chi connectivity index (χ0v) is 17.5. The number of nitrogens with two attached hydrogens (primary N) is 1. The lowest BCUT2D eigenvalue weighted by molar-refractivity contribution is -0.132. The Morgan fingerprint density at radius 1 is 1.15 bits per heavy atom. The van der Waals surface area contributed by atoms with Gasteiger partial charge in [-0.25, -0.2) is 13.8 Å². The van der Waals surface area contributed by atoms with Crippen LogP contribution in [0.1, 0.15) is 29.2 Å². The Morgan fingerprint density at radius 2 is 1.91 bits per heavy atom. The second-order valence-electron chi connectivity index (χ2n) is 8.05. The van der Waals surface area contributed by atoms with E-state index in [0.29, 0.717) is 16.9 Å². The van der Waals surface area contributed by atoms with Gasteiger partial charge in [0.15, 0.2) is 23.1 Å². The molecule has 1 spiro atoms. The van der Waals surface area contributed by atoms with E-state index in [1.165, 1.54) is 24.1 Å². The van der Waals surface area contributed by atoms with Crippen LogP contribution in [-0.2, 0) is 10.3 Å². The number of ether oxygens (including phenoxy) is 1. The first-order chi connectivity index (χ1) is 15.8. The Hall–Kier alpha value is -4.25. The summed E-state index contributed by atoms with van der Waals surface area (Å²) in [5, 5.41) is 9.23. The predicted molar refractivity (Wildman–Crippen MR) is 117 cm³/mol. The van der Waals surface area contributed by atoms with Crippen molar-refractivity contribution in [3.63, 3.8) is 0 Å². The molecule has 0 bridgehead atoms. The minimum Gasteiger partial charge on any atom is -0.485 e. The van der Waals surface area contributed by atoms with Crippen LogP contribution in [0.5, 0.6) is 5.75 Å². The Labute approximate surface area is 188 Å². The summed E-state index contributed by atoms with van der Waals surface area (Å²) in [5.74, 6) is -2.05. The third kappa shape index (κ3) is 3.12. The number of nitrogens with zero attached hydrogens (tertiary/aromatic N) is 3. The van der Waals surface area contributed by atoms with Crippen LogP contribution in [0.2, 0.25) is 0 Å². The first-order valence-electron chi connectivity index (χ1n) is 10.2. The zero-order valence-electron chi connectivity index (χ0n) is 17.5. The molecule has 2 unspecified atom stereocenters. The monoisotopic (exact) mass is 444 g/mol. The van der Waals surface area contributed by atoms with Crippen LogP contribution in [0.3, 0.4) is 0 Å². The van der Waals surface area contributed by atoms with E-state index in [1.807, 2.05) is 6.07 Å². The van der Waals surface area contributed by atoms with E-state index in [0.717, 1.165) is 17.2 Å². The van der Waals surface area contributed by atoms with Gasteiger partial charge in [-0.1, -0.05) is 30.3 Å². The molecule has 0 radical (unpaired) electrons. The summed E-state index contributed by atoms with van der Waals surface area (Å²) < 4.78 is 34.6. The van der Waals surface area contributed by atoms with Crippen molar-refractivity contribution in [3.8, 4) is 22.9 Å². The van der Waals surface area contributed by atoms with E-state index in [4.69, 9.17) is 10.5 Å². The van der Waals surface area contributed by atoms with Gasteiger partial charge in [-0.05, 0) is 41.5 Å². The van der Waals surface area contributed by atoms with Crippen molar-refractivity contribution in [1.82, 2.24) is 4.90 Å². The summed E-state index contributed by atoms with van der Waals surface area (Å²) in [6.45, 7) is 0. The smallest absolute Gasteiger partial charge is 0.261 e. The van der Waals surface area contributed by atoms with Gasteiger partial charge in [0.1, 0.15) is 11.9 Å². The van der Waals surface area contributed by atoms with Crippen LogP contribution in [0.25, 0.3) is 11.1 Å². The number of guanidine groups is 1. The molecule has 0 aromatic heterocycles. The molecule has 2 N–H and O–H groups in total. The number of hydrogen-bond donors (Lipinski definition) is 1. The summed E-state index contributed by atoms with van der Waals surface area (Å²) in [6.07, 6.45) is -1.00. The summed E-state index contributed by atoms with van der Waals surface area (Å²) in [6, 6.07) is 18.3. The minimum absolute atomic E-state index is 0.00180. The molecule has 33 heavy (non-hydrogen) atoms. The van der Waals surface area contributed by atoms with Crippen molar-refractivity contribution in [3.05, 3.63) is 89.0 Å². The number of nitriles is 1. The number of aliphatic imine (C=N–C) groups is 1. The van der Waals surface area contributed by atoms with Gasteiger partial charge in [0.2, 0.25) is 0 Å². The number of halogens is 2. The molecular weight excluding hydrogens is 426 g/mol. The topological polar surface area (TPSA) is 91.7 Å². The molecule has 3 aromatic rings. The van der Waals surface area contributed by atoms with Crippen LogP contribution < -0.4 is 10.5 Å². The SMILES string of the molecule is CN1C(=O)C2(CC(c3cccc(F)c3F)Oc3ccc(-c4cccc(C#N)c4)cc32)N=C1N. The van der Waals surface area contributed by atoms with Crippen molar-refractivity contribution in [2.45, 2.75) is 18.1 Å². The molecule has 2 aliphatic heterocycles. The number of fused-ring (bicyclic) bond motifs is 2. The highest BCUT2D eigenvalue weighted by Crippen LogP contribution is 2.51. The molecule has 0 aliphatic carbocycles. The molecule has 2 atom stereocenters. The van der Waals surface area contributed by atoms with E-state index in [2.05, 4.69) is 11.1 Å². The average Bonchev–Trinajstić information content (AvgIpc) is 3.04. The Kier molecular flexibility index (Phi) is 4.64. The lowest BCUT2D eigenvalue weighted by Crippen LogP contribution is -2.43. The van der Waals surface area contributed by atoms with Gasteiger partial charge < -0.3 is 10.5 Å². The highest BCUT2D eigenvalue weighted by Gasteiger charge is 2.54. The van der Waals surface area contributed by atoms with Crippen molar-refractivity contribution < 1.29 is 18.3 Å². The second kappa shape index (κ2) is 7.41. The molecule has 5 rings (SSSR count). The standard InChI is InChI=1S/C25H18F2N4O2/c1-31-23(32)25(30-24(31)29)12-21(17-6-3-7-19(26)22(17)27)33-20-9-8-16(11-18(20)25)15-5-2-4-14(10-15)13-28/h2-11,21H,12H2,1H3,(H2,29,30). The van der Waals surface area contributed by atoms with E-state index in [-0.39, 0.29) is 23.9 Å². The molecule has 8 heteroatoms. The molecule has 0 fully saturated rings. The van der Waals surface area contributed by atoms with Crippen molar-refractivity contribution in [1.29, 1.82) is 5.26 Å². The maximum atomic E-state index is 14.6. The predicted octanol–water partition coefficient (Wildman–Crippen LogP) is 4.01. The Balaban J connectivity index is 1.69. The fourth-order valence-electron chi connectivity index (χ4n) is 4.43. The quantitative estimate of drug-likeness (QED) is 0.647. The number of carbonyl (C=O) groups excluding carboxylic acids is 1. The van der Waals surface area contributed by atoms with Gasteiger partial charge in [-0.3, -0.25) is 9.69 Å². The van der Waals surface area contributed by atoms with Gasteiger partial charge in [0.25, 0.3) is 5.91 Å². The van der Waals surface area contributed by atoms with Crippen molar-refractivity contribution in [2.75, 3.05) is 7.05 Å². The van der Waals surface area contributed by atoms with Gasteiger partial charge in [0.05, 0.1) is 11.6 Å². The van der Waals surface area contributed by atoms with Gasteiger partial charge >= 0.3 is 0 Å². The van der Waals surface area contributed by atoms with Crippen molar-refractivity contribution in [2.24, 2.45) is 10.7 Å². The van der Waals surface area contributed by atoms with Crippen LogP contribution in [0, 0.1) is 23.0 Å². The van der Waals surface area contributed by atoms with E-state index < -0.39 is 23.3 Å². The third-order valence-corrected chi connectivity index (χ3v) is 6.14. The van der Waals surface area contributed by atoms with Crippen LogP contribution in [-0.4, -0.2) is 23.8 Å². The molecule has 3 aromatic carbocycles. The van der Waals surface area contributed by atoms with Gasteiger partial charge in [-0.15, -0.1) is 0 Å². The van der Waals surface area contributed by atoms with Crippen LogP contribution in [0.4, 0.5) is 8.78 Å². The number of rotatable bonds is 2. The van der Waals surface area contributed by atoms with E-state index in [9.17, 15) is 18.8 Å². The Morgan fingerprint density at radius 3 is 2.64 bits per heavy atom. The summed E-state index contributed by atoms with van der Waals surface area (Å²) in [5.41, 5.74) is 7.06. The van der Waals surface area contributed by atoms with E-state index >= 15 is 0 Å². The maximum absolute atomic E-state index is 14.6. The van der Waals surface area contributed by atoms with Crippen LogP contribution >= 0.6 is 0 Å². The van der Waals surface area contributed by atoms with Gasteiger partial charge in [0, 0.05) is 24.6 Å². The molecule has 2 aliphatic rings. The number of hydrogen-bond acceptors (Lipinski definition) is 5. The number of benzene rings is 3. The fraction of sp³-hybridized carbons (Fsp3) is 0.160. The average molecular weight is 444 g/mol. The minimum atomic E-state index is -1.45.